The van der Waals surface area contributed by atoms with E-state index in [1.165, 1.54) is 18.2 Å². The van der Waals surface area contributed by atoms with E-state index in [1.807, 2.05) is 6.07 Å². The zero-order valence-corrected chi connectivity index (χ0v) is 24.4. The summed E-state index contributed by atoms with van der Waals surface area (Å²) in [6.07, 6.45) is 1.93. The topological polar surface area (TPSA) is 127 Å². The van der Waals surface area contributed by atoms with E-state index in [2.05, 4.69) is 33.8 Å². The van der Waals surface area contributed by atoms with Crippen LogP contribution < -0.4 is 19.7 Å². The van der Waals surface area contributed by atoms with Crippen LogP contribution in [-0.2, 0) is 19.6 Å². The number of aromatic nitrogens is 1. The van der Waals surface area contributed by atoms with Crippen molar-refractivity contribution in [3.8, 4) is 5.75 Å². The summed E-state index contributed by atoms with van der Waals surface area (Å²) < 4.78 is 39.6. The molecular formula is C27H35ClN4O6S. The van der Waals surface area contributed by atoms with E-state index in [9.17, 15) is 18.0 Å². The Kier molecular flexibility index (Phi) is 7.79. The van der Waals surface area contributed by atoms with Gasteiger partial charge in [0.05, 0.1) is 5.69 Å². The number of hydrogen-bond acceptors (Lipinski definition) is 8. The molecular weight excluding hydrogens is 544 g/mol. The molecule has 39 heavy (non-hydrogen) atoms. The Morgan fingerprint density at radius 2 is 1.72 bits per heavy atom. The highest BCUT2D eigenvalue weighted by Gasteiger charge is 2.54. The molecule has 212 valence electrons. The molecule has 0 unspecified atom stereocenters. The van der Waals surface area contributed by atoms with Crippen LogP contribution in [0, 0.1) is 5.41 Å². The van der Waals surface area contributed by atoms with Crippen LogP contribution in [0.25, 0.3) is 0 Å². The highest BCUT2D eigenvalue weighted by Crippen LogP contribution is 2.45. The molecule has 2 fully saturated rings. The third-order valence-corrected chi connectivity index (χ3v) is 8.12. The number of piperidine rings is 1. The SMILES string of the molecule is CC1(C)CCN(c2ccc(Cl)cc2OC2(C(=O)NS(=O)(=O)c3cccc(NC(=O)OC(C)(C)C)n3)CC2)CC1. The molecule has 0 bridgehead atoms. The number of pyridine rings is 1. The molecule has 1 saturated heterocycles. The standard InChI is InChI=1S/C27H35ClN4O6S/c1-25(2,3)38-24(34)30-21-7-6-8-22(29-21)39(35,36)31-23(33)27(11-12-27)37-20-17-18(28)9-10-19(20)32-15-13-26(4,5)14-16-32/h6-10,17H,11-16H2,1-5H3,(H,31,33)(H,29,30,34). The summed E-state index contributed by atoms with van der Waals surface area (Å²) in [6.45, 7) is 11.2. The van der Waals surface area contributed by atoms with Gasteiger partial charge in [0, 0.05) is 37.0 Å². The quantitative estimate of drug-likeness (QED) is 0.463. The van der Waals surface area contributed by atoms with Gasteiger partial charge in [-0.05, 0) is 63.3 Å². The number of rotatable bonds is 7. The van der Waals surface area contributed by atoms with Gasteiger partial charge in [0.25, 0.3) is 15.9 Å². The van der Waals surface area contributed by atoms with Crippen molar-refractivity contribution in [1.82, 2.24) is 9.71 Å². The number of anilines is 2. The Labute approximate surface area is 234 Å². The van der Waals surface area contributed by atoms with Crippen LogP contribution in [-0.4, -0.2) is 49.7 Å². The van der Waals surface area contributed by atoms with E-state index < -0.39 is 38.3 Å². The van der Waals surface area contributed by atoms with Crippen LogP contribution in [0.4, 0.5) is 16.3 Å². The maximum absolute atomic E-state index is 13.2. The summed E-state index contributed by atoms with van der Waals surface area (Å²) in [7, 11) is -4.36. The van der Waals surface area contributed by atoms with Crippen LogP contribution in [0.3, 0.4) is 0 Å². The molecule has 0 atom stereocenters. The van der Waals surface area contributed by atoms with Crippen LogP contribution in [0.1, 0.15) is 60.3 Å². The molecule has 1 aromatic heterocycles. The number of nitrogens with one attached hydrogen (secondary N) is 2. The van der Waals surface area contributed by atoms with Gasteiger partial charge in [-0.2, -0.15) is 8.42 Å². The number of ether oxygens (including phenoxy) is 2. The Bertz CT molecular complexity index is 1360. The zero-order valence-electron chi connectivity index (χ0n) is 22.8. The van der Waals surface area contributed by atoms with Gasteiger partial charge in [-0.25, -0.2) is 14.5 Å². The van der Waals surface area contributed by atoms with E-state index in [0.717, 1.165) is 31.6 Å². The van der Waals surface area contributed by atoms with Gasteiger partial charge < -0.3 is 14.4 Å². The molecule has 10 nitrogen and oxygen atoms in total. The highest BCUT2D eigenvalue weighted by atomic mass is 35.5. The summed E-state index contributed by atoms with van der Waals surface area (Å²) >= 11 is 6.26. The molecule has 12 heteroatoms. The Hall–Kier alpha value is -3.05. The first-order chi connectivity index (χ1) is 18.1. The first-order valence-corrected chi connectivity index (χ1v) is 14.7. The number of nitrogens with zero attached hydrogens (tertiary/aromatic N) is 2. The second kappa shape index (κ2) is 10.5. The minimum atomic E-state index is -4.36. The number of hydrogen-bond donors (Lipinski definition) is 2. The summed E-state index contributed by atoms with van der Waals surface area (Å²) in [5.41, 5.74) is -1.01. The molecule has 2 aliphatic rings. The molecule has 1 aliphatic heterocycles. The van der Waals surface area contributed by atoms with Gasteiger partial charge in [-0.3, -0.25) is 10.1 Å². The lowest BCUT2D eigenvalue weighted by atomic mass is 9.82. The van der Waals surface area contributed by atoms with Crippen LogP contribution in [0.5, 0.6) is 5.75 Å². The molecule has 2 N–H and O–H groups in total. The highest BCUT2D eigenvalue weighted by molar-refractivity contribution is 7.90. The summed E-state index contributed by atoms with van der Waals surface area (Å²) in [6, 6.07) is 9.35. The molecule has 2 amide bonds. The molecule has 1 aromatic carbocycles. The van der Waals surface area contributed by atoms with E-state index >= 15 is 0 Å². The Morgan fingerprint density at radius 3 is 2.33 bits per heavy atom. The van der Waals surface area contributed by atoms with Crippen molar-refractivity contribution >= 4 is 45.1 Å². The van der Waals surface area contributed by atoms with Crippen LogP contribution in [0.2, 0.25) is 5.02 Å². The molecule has 2 aromatic rings. The fraction of sp³-hybridized carbons (Fsp3) is 0.519. The van der Waals surface area contributed by atoms with Crippen molar-refractivity contribution in [3.05, 3.63) is 41.4 Å². The molecule has 1 aliphatic carbocycles. The molecule has 0 spiro atoms. The first-order valence-electron chi connectivity index (χ1n) is 12.9. The van der Waals surface area contributed by atoms with Crippen LogP contribution >= 0.6 is 11.6 Å². The lowest BCUT2D eigenvalue weighted by molar-refractivity contribution is -0.127. The molecule has 4 rings (SSSR count). The fourth-order valence-corrected chi connectivity index (χ4v) is 5.37. The average Bonchev–Trinajstić information content (AvgIpc) is 3.59. The monoisotopic (exact) mass is 578 g/mol. The zero-order chi connectivity index (χ0) is 28.6. The maximum atomic E-state index is 13.2. The summed E-state index contributed by atoms with van der Waals surface area (Å²) in [5, 5.41) is 2.42. The Balaban J connectivity index is 1.48. The smallest absolute Gasteiger partial charge is 0.413 e. The largest absolute Gasteiger partial charge is 0.475 e. The number of halogens is 1. The number of carbonyl (C=O) groups excluding carboxylic acids is 2. The minimum Gasteiger partial charge on any atom is -0.475 e. The van der Waals surface area contributed by atoms with Gasteiger partial charge in [0.2, 0.25) is 0 Å². The second-order valence-corrected chi connectivity index (χ2v) is 13.8. The summed E-state index contributed by atoms with van der Waals surface area (Å²) in [5.74, 6) is -0.389. The van der Waals surface area contributed by atoms with Crippen molar-refractivity contribution in [2.75, 3.05) is 23.3 Å². The second-order valence-electron chi connectivity index (χ2n) is 11.8. The van der Waals surface area contributed by atoms with Crippen LogP contribution in [0.15, 0.2) is 41.4 Å². The molecule has 1 saturated carbocycles. The Morgan fingerprint density at radius 1 is 1.05 bits per heavy atom. The van der Waals surface area contributed by atoms with E-state index in [-0.39, 0.29) is 11.2 Å². The number of benzene rings is 1. The third-order valence-electron chi connectivity index (χ3n) is 6.66. The van der Waals surface area contributed by atoms with Gasteiger partial charge in [-0.1, -0.05) is 31.5 Å². The molecule has 2 heterocycles. The van der Waals surface area contributed by atoms with Crippen molar-refractivity contribution in [3.63, 3.8) is 0 Å². The van der Waals surface area contributed by atoms with Gasteiger partial charge in [0.1, 0.15) is 17.2 Å². The third kappa shape index (κ3) is 7.33. The maximum Gasteiger partial charge on any atom is 0.413 e. The fourth-order valence-electron chi connectivity index (χ4n) is 4.19. The van der Waals surface area contributed by atoms with Gasteiger partial charge in [-0.15, -0.1) is 0 Å². The number of carbonyl (C=O) groups is 2. The predicted octanol–water partition coefficient (Wildman–Crippen LogP) is 5.12. The van der Waals surface area contributed by atoms with Crippen molar-refractivity contribution in [1.29, 1.82) is 0 Å². The van der Waals surface area contributed by atoms with E-state index in [1.54, 1.807) is 32.9 Å². The lowest BCUT2D eigenvalue weighted by Gasteiger charge is -2.39. The number of sulfonamides is 1. The average molecular weight is 579 g/mol. The van der Waals surface area contributed by atoms with Gasteiger partial charge >= 0.3 is 6.09 Å². The number of amides is 2. The first kappa shape index (κ1) is 28.9. The summed E-state index contributed by atoms with van der Waals surface area (Å²) in [4.78, 5) is 31.5. The van der Waals surface area contributed by atoms with Gasteiger partial charge in [0.15, 0.2) is 10.6 Å². The van der Waals surface area contributed by atoms with E-state index in [4.69, 9.17) is 21.1 Å². The van der Waals surface area contributed by atoms with E-state index in [0.29, 0.717) is 23.6 Å². The lowest BCUT2D eigenvalue weighted by Crippen LogP contribution is -2.44. The predicted molar refractivity (Wildman–Crippen MR) is 149 cm³/mol. The normalized spacial score (nSPS) is 18.2. The van der Waals surface area contributed by atoms with Crippen molar-refractivity contribution < 1.29 is 27.5 Å². The van der Waals surface area contributed by atoms with Crippen molar-refractivity contribution in [2.45, 2.75) is 76.5 Å². The minimum absolute atomic E-state index is 0.0368. The molecule has 0 radical (unpaired) electrons. The van der Waals surface area contributed by atoms with Crippen molar-refractivity contribution in [2.24, 2.45) is 5.41 Å².